The number of aryl methyl sites for hydroxylation is 2. The lowest BCUT2D eigenvalue weighted by Crippen LogP contribution is -2.50. The Hall–Kier alpha value is -3.16. The SMILES string of the molecule is Cc1cc(C)cc(NC(=O)N2CCN(c3ccc4nnc(C5CC5)n4n3)CC2)c1. The normalized spacial score (nSPS) is 17.0. The number of carbonyl (C=O) groups excluding carboxylic acids is 1. The van der Waals surface area contributed by atoms with Crippen LogP contribution in [0.4, 0.5) is 16.3 Å². The number of hydrogen-bond acceptors (Lipinski definition) is 5. The molecule has 0 radical (unpaired) electrons. The van der Waals surface area contributed by atoms with Crippen LogP contribution in [0.3, 0.4) is 0 Å². The van der Waals surface area contributed by atoms with Gasteiger partial charge in [-0.05, 0) is 62.1 Å². The molecule has 2 aliphatic rings. The molecule has 1 saturated heterocycles. The zero-order valence-corrected chi connectivity index (χ0v) is 16.8. The number of amides is 2. The van der Waals surface area contributed by atoms with E-state index in [2.05, 4.69) is 26.5 Å². The van der Waals surface area contributed by atoms with Crippen molar-refractivity contribution in [3.63, 3.8) is 0 Å². The number of nitrogens with one attached hydrogen (secondary N) is 1. The Kier molecular flexibility index (Phi) is 4.34. The minimum atomic E-state index is -0.0482. The molecule has 1 saturated carbocycles. The average Bonchev–Trinajstić information content (AvgIpc) is 3.46. The third-order valence-electron chi connectivity index (χ3n) is 5.58. The van der Waals surface area contributed by atoms with Gasteiger partial charge in [-0.3, -0.25) is 0 Å². The van der Waals surface area contributed by atoms with Crippen molar-refractivity contribution >= 4 is 23.2 Å². The Morgan fingerprint density at radius 2 is 1.72 bits per heavy atom. The Balaban J connectivity index is 1.24. The fraction of sp³-hybridized carbons (Fsp3) is 0.429. The predicted octanol–water partition coefficient (Wildman–Crippen LogP) is 2.97. The smallest absolute Gasteiger partial charge is 0.321 e. The van der Waals surface area contributed by atoms with Crippen LogP contribution in [0.25, 0.3) is 5.65 Å². The van der Waals surface area contributed by atoms with Crippen LogP contribution in [0.1, 0.15) is 35.7 Å². The number of carbonyl (C=O) groups is 1. The Bertz CT molecular complexity index is 1040. The van der Waals surface area contributed by atoms with E-state index < -0.39 is 0 Å². The quantitative estimate of drug-likeness (QED) is 0.743. The van der Waals surface area contributed by atoms with Crippen LogP contribution >= 0.6 is 0 Å². The lowest BCUT2D eigenvalue weighted by atomic mass is 10.1. The Labute approximate surface area is 169 Å². The van der Waals surface area contributed by atoms with Crippen molar-refractivity contribution < 1.29 is 4.79 Å². The van der Waals surface area contributed by atoms with Crippen molar-refractivity contribution in [1.29, 1.82) is 0 Å². The molecule has 1 aliphatic heterocycles. The molecule has 0 atom stereocenters. The number of nitrogens with zero attached hydrogens (tertiary/aromatic N) is 6. The maximum atomic E-state index is 12.7. The topological polar surface area (TPSA) is 78.7 Å². The van der Waals surface area contributed by atoms with Crippen molar-refractivity contribution in [1.82, 2.24) is 24.7 Å². The molecule has 2 amide bonds. The monoisotopic (exact) mass is 391 g/mol. The first kappa shape index (κ1) is 17.9. The fourth-order valence-electron chi connectivity index (χ4n) is 3.95. The highest BCUT2D eigenvalue weighted by Gasteiger charge is 2.30. The van der Waals surface area contributed by atoms with Gasteiger partial charge < -0.3 is 15.1 Å². The number of piperazine rings is 1. The first-order chi connectivity index (χ1) is 14.1. The Morgan fingerprint density at radius 3 is 2.41 bits per heavy atom. The molecule has 1 N–H and O–H groups in total. The van der Waals surface area contributed by atoms with Gasteiger partial charge in [-0.2, -0.15) is 4.52 Å². The summed E-state index contributed by atoms with van der Waals surface area (Å²) in [6.07, 6.45) is 2.34. The van der Waals surface area contributed by atoms with Crippen molar-refractivity contribution in [2.75, 3.05) is 36.4 Å². The molecule has 1 aliphatic carbocycles. The molecule has 0 spiro atoms. The minimum Gasteiger partial charge on any atom is -0.352 e. The number of fused-ring (bicyclic) bond motifs is 1. The van der Waals surface area contributed by atoms with E-state index in [1.807, 2.05) is 47.5 Å². The van der Waals surface area contributed by atoms with Crippen LogP contribution in [0, 0.1) is 13.8 Å². The second-order valence-corrected chi connectivity index (χ2v) is 8.07. The van der Waals surface area contributed by atoms with Gasteiger partial charge in [0.25, 0.3) is 0 Å². The maximum absolute atomic E-state index is 12.7. The van der Waals surface area contributed by atoms with E-state index in [4.69, 9.17) is 5.10 Å². The fourth-order valence-corrected chi connectivity index (χ4v) is 3.95. The van der Waals surface area contributed by atoms with Gasteiger partial charge in [0.1, 0.15) is 5.82 Å². The van der Waals surface area contributed by atoms with E-state index in [9.17, 15) is 4.79 Å². The van der Waals surface area contributed by atoms with Gasteiger partial charge in [-0.1, -0.05) is 6.07 Å². The van der Waals surface area contributed by atoms with Crippen LogP contribution in [0.5, 0.6) is 0 Å². The zero-order chi connectivity index (χ0) is 20.0. The number of rotatable bonds is 3. The van der Waals surface area contributed by atoms with Crippen LogP contribution < -0.4 is 10.2 Å². The van der Waals surface area contributed by atoms with E-state index in [0.717, 1.165) is 47.2 Å². The van der Waals surface area contributed by atoms with Crippen LogP contribution in [-0.2, 0) is 0 Å². The van der Waals surface area contributed by atoms with Crippen molar-refractivity contribution in [2.45, 2.75) is 32.6 Å². The number of anilines is 2. The second-order valence-electron chi connectivity index (χ2n) is 8.07. The lowest BCUT2D eigenvalue weighted by Gasteiger charge is -2.35. The number of benzene rings is 1. The largest absolute Gasteiger partial charge is 0.352 e. The summed E-state index contributed by atoms with van der Waals surface area (Å²) in [5.41, 5.74) is 3.93. The van der Waals surface area contributed by atoms with Crippen molar-refractivity contribution in [2.24, 2.45) is 0 Å². The number of urea groups is 1. The molecule has 5 rings (SSSR count). The molecule has 3 aromatic rings. The maximum Gasteiger partial charge on any atom is 0.321 e. The average molecular weight is 391 g/mol. The van der Waals surface area contributed by atoms with Gasteiger partial charge >= 0.3 is 6.03 Å². The highest BCUT2D eigenvalue weighted by molar-refractivity contribution is 5.89. The third kappa shape index (κ3) is 3.62. The summed E-state index contributed by atoms with van der Waals surface area (Å²) >= 11 is 0. The van der Waals surface area contributed by atoms with E-state index in [-0.39, 0.29) is 6.03 Å². The van der Waals surface area contributed by atoms with Crippen LogP contribution in [-0.4, -0.2) is 56.9 Å². The molecule has 150 valence electrons. The zero-order valence-electron chi connectivity index (χ0n) is 16.8. The molecule has 1 aromatic carbocycles. The summed E-state index contributed by atoms with van der Waals surface area (Å²) in [5.74, 6) is 2.38. The predicted molar refractivity (Wildman–Crippen MR) is 111 cm³/mol. The summed E-state index contributed by atoms with van der Waals surface area (Å²) < 4.78 is 1.88. The van der Waals surface area contributed by atoms with Crippen LogP contribution in [0.2, 0.25) is 0 Å². The number of aromatic nitrogens is 4. The summed E-state index contributed by atoms with van der Waals surface area (Å²) in [5, 5.41) is 16.3. The highest BCUT2D eigenvalue weighted by atomic mass is 16.2. The van der Waals surface area contributed by atoms with Gasteiger partial charge in [0.05, 0.1) is 0 Å². The van der Waals surface area contributed by atoms with Gasteiger partial charge in [-0.25, -0.2) is 4.79 Å². The molecular weight excluding hydrogens is 366 g/mol. The summed E-state index contributed by atoms with van der Waals surface area (Å²) in [6, 6.07) is 10.0. The van der Waals surface area contributed by atoms with Crippen molar-refractivity contribution in [3.8, 4) is 0 Å². The second kappa shape index (κ2) is 7.02. The standard InChI is InChI=1S/C21H25N7O/c1-14-11-15(2)13-17(12-14)22-21(29)27-9-7-26(8-10-27)19-6-5-18-23-24-20(16-3-4-16)28(18)25-19/h5-6,11-13,16H,3-4,7-10H2,1-2H3,(H,22,29). The van der Waals surface area contributed by atoms with Gasteiger partial charge in [-0.15, -0.1) is 15.3 Å². The van der Waals surface area contributed by atoms with E-state index >= 15 is 0 Å². The summed E-state index contributed by atoms with van der Waals surface area (Å²) in [7, 11) is 0. The molecule has 2 aromatic heterocycles. The molecule has 0 unspecified atom stereocenters. The van der Waals surface area contributed by atoms with Crippen molar-refractivity contribution in [3.05, 3.63) is 47.3 Å². The molecule has 8 heteroatoms. The Morgan fingerprint density at radius 1 is 1.00 bits per heavy atom. The number of hydrogen-bond donors (Lipinski definition) is 1. The van der Waals surface area contributed by atoms with E-state index in [0.29, 0.717) is 19.0 Å². The third-order valence-corrected chi connectivity index (χ3v) is 5.58. The van der Waals surface area contributed by atoms with Gasteiger partial charge in [0, 0.05) is 37.8 Å². The van der Waals surface area contributed by atoms with Crippen LogP contribution in [0.15, 0.2) is 30.3 Å². The molecule has 29 heavy (non-hydrogen) atoms. The molecule has 0 bridgehead atoms. The molecule has 8 nitrogen and oxygen atoms in total. The minimum absolute atomic E-state index is 0.0482. The molecular formula is C21H25N7O. The first-order valence-electron chi connectivity index (χ1n) is 10.2. The highest BCUT2D eigenvalue weighted by Crippen LogP contribution is 2.38. The molecule has 2 fully saturated rings. The first-order valence-corrected chi connectivity index (χ1v) is 10.2. The summed E-state index contributed by atoms with van der Waals surface area (Å²) in [6.45, 7) is 6.90. The van der Waals surface area contributed by atoms with Gasteiger partial charge in [0.15, 0.2) is 11.5 Å². The summed E-state index contributed by atoms with van der Waals surface area (Å²) in [4.78, 5) is 16.7. The van der Waals surface area contributed by atoms with E-state index in [1.165, 1.54) is 12.8 Å². The van der Waals surface area contributed by atoms with E-state index in [1.54, 1.807) is 0 Å². The lowest BCUT2D eigenvalue weighted by molar-refractivity contribution is 0.208. The van der Waals surface area contributed by atoms with Gasteiger partial charge in [0.2, 0.25) is 0 Å². The molecule has 3 heterocycles.